The number of carbonyl (C=O) groups excluding carboxylic acids is 1. The molecule has 0 aliphatic rings. The molecule has 0 unspecified atom stereocenters. The number of hydrogen-bond donors (Lipinski definition) is 1. The number of halogens is 1. The van der Waals surface area contributed by atoms with Crippen LogP contribution in [0.25, 0.3) is 10.8 Å². The highest BCUT2D eigenvalue weighted by molar-refractivity contribution is 7.09. The molecule has 2 aromatic carbocycles. The fourth-order valence-corrected chi connectivity index (χ4v) is 3.03. The Morgan fingerprint density at radius 1 is 1.09 bits per heavy atom. The zero-order chi connectivity index (χ0) is 15.4. The van der Waals surface area contributed by atoms with Gasteiger partial charge in [0.25, 0.3) is 5.91 Å². The lowest BCUT2D eigenvalue weighted by atomic mass is 10.1. The summed E-state index contributed by atoms with van der Waals surface area (Å²) in [5, 5.41) is 7.31. The Labute approximate surface area is 137 Å². The minimum absolute atomic E-state index is 0.0169. The van der Waals surface area contributed by atoms with E-state index in [4.69, 9.17) is 16.3 Å². The summed E-state index contributed by atoms with van der Waals surface area (Å²) in [7, 11) is 0. The second-order valence-corrected chi connectivity index (χ2v) is 6.18. The van der Waals surface area contributed by atoms with Crippen molar-refractivity contribution in [2.24, 2.45) is 0 Å². The van der Waals surface area contributed by atoms with Gasteiger partial charge in [-0.2, -0.15) is 0 Å². The average Bonchev–Trinajstić information content (AvgIpc) is 3.06. The minimum Gasteiger partial charge on any atom is -0.483 e. The Hall–Kier alpha value is -2.04. The van der Waals surface area contributed by atoms with Gasteiger partial charge in [-0.1, -0.05) is 41.9 Å². The number of hydrogen-bond acceptors (Lipinski definition) is 3. The number of benzene rings is 2. The molecule has 0 aliphatic heterocycles. The first-order chi connectivity index (χ1) is 10.7. The van der Waals surface area contributed by atoms with Gasteiger partial charge in [-0.3, -0.25) is 4.79 Å². The van der Waals surface area contributed by atoms with Crippen molar-refractivity contribution in [3.8, 4) is 5.75 Å². The summed E-state index contributed by atoms with van der Waals surface area (Å²) in [6, 6.07) is 15.2. The molecule has 3 rings (SSSR count). The molecule has 0 radical (unpaired) electrons. The van der Waals surface area contributed by atoms with Crippen LogP contribution in [0, 0.1) is 0 Å². The third-order valence-electron chi connectivity index (χ3n) is 3.23. The van der Waals surface area contributed by atoms with Crippen molar-refractivity contribution in [2.75, 3.05) is 6.61 Å². The molecule has 22 heavy (non-hydrogen) atoms. The van der Waals surface area contributed by atoms with Crippen molar-refractivity contribution in [1.29, 1.82) is 0 Å². The molecule has 0 saturated carbocycles. The van der Waals surface area contributed by atoms with Gasteiger partial charge in [0, 0.05) is 20.7 Å². The molecular formula is C17H14ClNO2S. The highest BCUT2D eigenvalue weighted by Gasteiger charge is 2.08. The summed E-state index contributed by atoms with van der Waals surface area (Å²) in [5.41, 5.74) is 0. The van der Waals surface area contributed by atoms with Crippen LogP contribution in [0.1, 0.15) is 4.88 Å². The van der Waals surface area contributed by atoms with Gasteiger partial charge in [0.1, 0.15) is 5.75 Å². The highest BCUT2D eigenvalue weighted by atomic mass is 35.5. The second-order valence-electron chi connectivity index (χ2n) is 4.74. The summed E-state index contributed by atoms with van der Waals surface area (Å²) in [4.78, 5) is 13.0. The molecular weight excluding hydrogens is 318 g/mol. The van der Waals surface area contributed by atoms with Crippen molar-refractivity contribution in [3.05, 3.63) is 63.8 Å². The molecule has 1 aromatic heterocycles. The van der Waals surface area contributed by atoms with Crippen LogP contribution >= 0.6 is 22.9 Å². The summed E-state index contributed by atoms with van der Waals surface area (Å²) in [6.45, 7) is 0.512. The fourth-order valence-electron chi connectivity index (χ4n) is 2.15. The molecule has 112 valence electrons. The average molecular weight is 332 g/mol. The minimum atomic E-state index is -0.146. The van der Waals surface area contributed by atoms with E-state index in [1.807, 2.05) is 41.8 Å². The summed E-state index contributed by atoms with van der Waals surface area (Å²) in [6.07, 6.45) is 0. The Morgan fingerprint density at radius 2 is 1.91 bits per heavy atom. The van der Waals surface area contributed by atoms with Crippen molar-refractivity contribution in [2.45, 2.75) is 6.54 Å². The molecule has 5 heteroatoms. The van der Waals surface area contributed by atoms with Crippen molar-refractivity contribution >= 4 is 39.6 Å². The molecule has 0 fully saturated rings. The standard InChI is InChI=1S/C17H14ClNO2S/c18-15-7-8-16(14-6-2-1-5-13(14)15)21-11-17(20)19-10-12-4-3-9-22-12/h1-9H,10-11H2,(H,19,20). The van der Waals surface area contributed by atoms with Gasteiger partial charge in [0.2, 0.25) is 0 Å². The van der Waals surface area contributed by atoms with Crippen LogP contribution in [-0.2, 0) is 11.3 Å². The molecule has 3 aromatic rings. The maximum Gasteiger partial charge on any atom is 0.258 e. The predicted molar refractivity (Wildman–Crippen MR) is 90.6 cm³/mol. The van der Waals surface area contributed by atoms with Crippen LogP contribution in [0.2, 0.25) is 5.02 Å². The van der Waals surface area contributed by atoms with E-state index in [-0.39, 0.29) is 12.5 Å². The van der Waals surface area contributed by atoms with Crippen LogP contribution in [-0.4, -0.2) is 12.5 Å². The number of nitrogens with one attached hydrogen (secondary N) is 1. The van der Waals surface area contributed by atoms with Gasteiger partial charge in [-0.05, 0) is 23.6 Å². The number of amides is 1. The molecule has 1 N–H and O–H groups in total. The molecule has 3 nitrogen and oxygen atoms in total. The molecule has 0 spiro atoms. The maximum absolute atomic E-state index is 11.9. The number of ether oxygens (including phenoxy) is 1. The monoisotopic (exact) mass is 331 g/mol. The SMILES string of the molecule is O=C(COc1ccc(Cl)c2ccccc12)NCc1cccs1. The maximum atomic E-state index is 11.9. The van der Waals surface area contributed by atoms with E-state index in [0.717, 1.165) is 15.6 Å². The molecule has 1 heterocycles. The molecule has 0 aliphatic carbocycles. The number of carbonyl (C=O) groups is 1. The molecule has 0 saturated heterocycles. The quantitative estimate of drug-likeness (QED) is 0.759. The lowest BCUT2D eigenvalue weighted by Crippen LogP contribution is -2.28. The van der Waals surface area contributed by atoms with Gasteiger partial charge in [-0.15, -0.1) is 11.3 Å². The number of thiophene rings is 1. The van der Waals surface area contributed by atoms with E-state index in [9.17, 15) is 4.79 Å². The Morgan fingerprint density at radius 3 is 2.68 bits per heavy atom. The van der Waals surface area contributed by atoms with E-state index < -0.39 is 0 Å². The fraction of sp³-hybridized carbons (Fsp3) is 0.118. The zero-order valence-electron chi connectivity index (χ0n) is 11.7. The normalized spacial score (nSPS) is 10.6. The smallest absolute Gasteiger partial charge is 0.258 e. The third kappa shape index (κ3) is 3.40. The highest BCUT2D eigenvalue weighted by Crippen LogP contribution is 2.31. The first-order valence-electron chi connectivity index (χ1n) is 6.83. The Balaban J connectivity index is 1.64. The summed E-state index contributed by atoms with van der Waals surface area (Å²) in [5.74, 6) is 0.513. The van der Waals surface area contributed by atoms with E-state index in [2.05, 4.69) is 5.32 Å². The van der Waals surface area contributed by atoms with E-state index in [1.54, 1.807) is 23.5 Å². The second kappa shape index (κ2) is 6.81. The third-order valence-corrected chi connectivity index (χ3v) is 4.44. The van der Waals surface area contributed by atoms with Gasteiger partial charge < -0.3 is 10.1 Å². The van der Waals surface area contributed by atoms with Crippen LogP contribution in [0.3, 0.4) is 0 Å². The van der Waals surface area contributed by atoms with Crippen LogP contribution in [0.4, 0.5) is 0 Å². The van der Waals surface area contributed by atoms with Crippen LogP contribution in [0.5, 0.6) is 5.75 Å². The van der Waals surface area contributed by atoms with Gasteiger partial charge in [0.15, 0.2) is 6.61 Å². The van der Waals surface area contributed by atoms with Crippen molar-refractivity contribution < 1.29 is 9.53 Å². The number of rotatable bonds is 5. The first-order valence-corrected chi connectivity index (χ1v) is 8.09. The summed E-state index contributed by atoms with van der Waals surface area (Å²) >= 11 is 7.78. The molecule has 0 atom stereocenters. The van der Waals surface area contributed by atoms with E-state index >= 15 is 0 Å². The predicted octanol–water partition coefficient (Wildman–Crippen LogP) is 4.25. The van der Waals surface area contributed by atoms with Gasteiger partial charge in [0.05, 0.1) is 6.54 Å². The number of fused-ring (bicyclic) bond motifs is 1. The Bertz CT molecular complexity index is 786. The lowest BCUT2D eigenvalue weighted by molar-refractivity contribution is -0.123. The lowest BCUT2D eigenvalue weighted by Gasteiger charge is -2.10. The first kappa shape index (κ1) is 14.9. The van der Waals surface area contributed by atoms with Gasteiger partial charge >= 0.3 is 0 Å². The van der Waals surface area contributed by atoms with Crippen LogP contribution < -0.4 is 10.1 Å². The van der Waals surface area contributed by atoms with E-state index in [1.165, 1.54) is 0 Å². The van der Waals surface area contributed by atoms with E-state index in [0.29, 0.717) is 17.3 Å². The molecule has 1 amide bonds. The zero-order valence-corrected chi connectivity index (χ0v) is 13.3. The molecule has 0 bridgehead atoms. The largest absolute Gasteiger partial charge is 0.483 e. The van der Waals surface area contributed by atoms with Gasteiger partial charge in [-0.25, -0.2) is 0 Å². The van der Waals surface area contributed by atoms with Crippen molar-refractivity contribution in [3.63, 3.8) is 0 Å². The van der Waals surface area contributed by atoms with Crippen molar-refractivity contribution in [1.82, 2.24) is 5.32 Å². The Kier molecular flexibility index (Phi) is 4.61. The summed E-state index contributed by atoms with van der Waals surface area (Å²) < 4.78 is 5.64. The van der Waals surface area contributed by atoms with Crippen LogP contribution in [0.15, 0.2) is 53.9 Å². The topological polar surface area (TPSA) is 38.3 Å².